The second-order valence-corrected chi connectivity index (χ2v) is 7.88. The van der Waals surface area contributed by atoms with Crippen molar-refractivity contribution in [1.82, 2.24) is 9.97 Å². The fourth-order valence-corrected chi connectivity index (χ4v) is 3.82. The van der Waals surface area contributed by atoms with Gasteiger partial charge in [0.15, 0.2) is 0 Å². The number of H-pyrrole nitrogens is 1. The first-order chi connectivity index (χ1) is 16.7. The van der Waals surface area contributed by atoms with E-state index in [0.29, 0.717) is 0 Å². The van der Waals surface area contributed by atoms with Crippen molar-refractivity contribution >= 4 is 11.6 Å². The van der Waals surface area contributed by atoms with Gasteiger partial charge in [0.1, 0.15) is 41.0 Å². The Morgan fingerprint density at radius 1 is 1.14 bits per heavy atom. The largest absolute Gasteiger partial charge is 0.394 e. The van der Waals surface area contributed by atoms with Gasteiger partial charge in [-0.25, -0.2) is 18.2 Å². The summed E-state index contributed by atoms with van der Waals surface area (Å²) in [6.45, 7) is -0.589. The highest BCUT2D eigenvalue weighted by Gasteiger charge is 2.38. The monoisotopic (exact) mass is 491 g/mol. The van der Waals surface area contributed by atoms with Crippen LogP contribution in [0.25, 0.3) is 11.3 Å². The molecule has 4 unspecified atom stereocenters. The number of aliphatic hydroxyl groups is 3. The third kappa shape index (κ3) is 4.95. The molecule has 9 nitrogen and oxygen atoms in total. The highest BCUT2D eigenvalue weighted by Crippen LogP contribution is 2.35. The molecule has 1 saturated heterocycles. The van der Waals surface area contributed by atoms with E-state index in [1.807, 2.05) is 0 Å². The Labute approximate surface area is 195 Å². The summed E-state index contributed by atoms with van der Waals surface area (Å²) in [5.41, 5.74) is -2.28. The predicted octanol–water partition coefficient (Wildman–Crippen LogP) is 1.65. The fourth-order valence-electron chi connectivity index (χ4n) is 3.82. The van der Waals surface area contributed by atoms with E-state index < -0.39 is 76.9 Å². The lowest BCUT2D eigenvalue weighted by molar-refractivity contribution is -0.181. The van der Waals surface area contributed by atoms with Crippen LogP contribution in [0.2, 0.25) is 0 Å². The minimum Gasteiger partial charge on any atom is -0.394 e. The Morgan fingerprint density at radius 3 is 2.54 bits per heavy atom. The molecule has 1 amide bonds. The van der Waals surface area contributed by atoms with Crippen LogP contribution in [0.5, 0.6) is 0 Å². The third-order valence-electron chi connectivity index (χ3n) is 5.58. The molecule has 3 aromatic rings. The van der Waals surface area contributed by atoms with Crippen molar-refractivity contribution in [2.75, 3.05) is 11.9 Å². The molecule has 0 spiro atoms. The number of hydrogen-bond donors (Lipinski definition) is 5. The molecular formula is C23H20F3N3O6. The van der Waals surface area contributed by atoms with Crippen LogP contribution in [0.15, 0.2) is 47.4 Å². The van der Waals surface area contributed by atoms with Crippen molar-refractivity contribution in [3.05, 3.63) is 81.7 Å². The number of amides is 1. The molecule has 1 aliphatic rings. The number of halogens is 3. The van der Waals surface area contributed by atoms with Gasteiger partial charge in [0.25, 0.3) is 5.91 Å². The molecule has 1 aliphatic heterocycles. The quantitative estimate of drug-likeness (QED) is 0.365. The first kappa shape index (κ1) is 24.5. The van der Waals surface area contributed by atoms with Crippen LogP contribution >= 0.6 is 0 Å². The number of rotatable bonds is 5. The molecule has 0 saturated carbocycles. The molecule has 184 valence electrons. The maximum absolute atomic E-state index is 14.3. The van der Waals surface area contributed by atoms with Crippen LogP contribution in [0, 0.1) is 17.5 Å². The average molecular weight is 491 g/mol. The van der Waals surface area contributed by atoms with Gasteiger partial charge in [-0.3, -0.25) is 9.59 Å². The minimum absolute atomic E-state index is 0.0474. The summed E-state index contributed by atoms with van der Waals surface area (Å²) in [4.78, 5) is 31.0. The number of nitrogens with zero attached hydrogens (tertiary/aromatic N) is 1. The van der Waals surface area contributed by atoms with Gasteiger partial charge in [0.2, 0.25) is 5.56 Å². The minimum atomic E-state index is -1.34. The lowest BCUT2D eigenvalue weighted by Crippen LogP contribution is -2.47. The Balaban J connectivity index is 1.67. The van der Waals surface area contributed by atoms with E-state index in [1.54, 1.807) is 0 Å². The van der Waals surface area contributed by atoms with E-state index >= 15 is 0 Å². The maximum atomic E-state index is 14.3. The van der Waals surface area contributed by atoms with Crippen molar-refractivity contribution in [1.29, 1.82) is 0 Å². The number of pyridine rings is 2. The fraction of sp³-hybridized carbons (Fsp3) is 0.261. The Kier molecular flexibility index (Phi) is 6.98. The number of aromatic nitrogens is 2. The summed E-state index contributed by atoms with van der Waals surface area (Å²) in [7, 11) is 0. The van der Waals surface area contributed by atoms with Gasteiger partial charge in [-0.1, -0.05) is 6.07 Å². The number of ether oxygens (including phenoxy) is 1. The second kappa shape index (κ2) is 9.96. The number of aromatic amines is 1. The van der Waals surface area contributed by atoms with Gasteiger partial charge in [0, 0.05) is 24.2 Å². The van der Waals surface area contributed by atoms with Gasteiger partial charge in [-0.15, -0.1) is 0 Å². The third-order valence-corrected chi connectivity index (χ3v) is 5.58. The van der Waals surface area contributed by atoms with E-state index in [-0.39, 0.29) is 17.7 Å². The average Bonchev–Trinajstić information content (AvgIpc) is 2.82. The molecule has 1 aromatic carbocycles. The topological polar surface area (TPSA) is 145 Å². The lowest BCUT2D eigenvalue weighted by Gasteiger charge is -2.37. The van der Waals surface area contributed by atoms with Crippen LogP contribution in [0.4, 0.5) is 18.9 Å². The molecule has 1 fully saturated rings. The van der Waals surface area contributed by atoms with Crippen LogP contribution in [-0.2, 0) is 4.74 Å². The van der Waals surface area contributed by atoms with Crippen molar-refractivity contribution in [3.63, 3.8) is 0 Å². The summed E-state index contributed by atoms with van der Waals surface area (Å²) < 4.78 is 48.3. The zero-order chi connectivity index (χ0) is 25.3. The molecule has 35 heavy (non-hydrogen) atoms. The molecule has 4 rings (SSSR count). The molecule has 12 heteroatoms. The zero-order valence-corrected chi connectivity index (χ0v) is 17.9. The molecule has 0 aliphatic carbocycles. The van der Waals surface area contributed by atoms with Crippen molar-refractivity contribution < 1.29 is 38.0 Å². The first-order valence-electron chi connectivity index (χ1n) is 10.5. The number of carbonyl (C=O) groups is 1. The Bertz CT molecular complexity index is 1300. The maximum Gasteiger partial charge on any atom is 0.274 e. The number of carbonyl (C=O) groups excluding carboxylic acids is 1. The summed E-state index contributed by atoms with van der Waals surface area (Å²) in [6.07, 6.45) is -3.51. The number of hydrogen-bond acceptors (Lipinski definition) is 7. The first-order valence-corrected chi connectivity index (χ1v) is 10.5. The molecule has 0 bridgehead atoms. The highest BCUT2D eigenvalue weighted by atomic mass is 19.1. The molecule has 4 atom stereocenters. The Morgan fingerprint density at radius 2 is 1.86 bits per heavy atom. The summed E-state index contributed by atoms with van der Waals surface area (Å²) in [5.74, 6) is -4.12. The van der Waals surface area contributed by atoms with Crippen LogP contribution < -0.4 is 10.9 Å². The molecule has 0 radical (unpaired) electrons. The van der Waals surface area contributed by atoms with Crippen LogP contribution in [-0.4, -0.2) is 56.1 Å². The van der Waals surface area contributed by atoms with Crippen molar-refractivity contribution in [2.45, 2.75) is 30.8 Å². The SMILES string of the molecule is O=C(Nc1cc(=O)[nH]cc1C1CC(O)C(O)C(CO)O1)c1ccc(F)c(-c2c(F)cccc2F)n1. The molecule has 3 heterocycles. The highest BCUT2D eigenvalue weighted by molar-refractivity contribution is 6.03. The van der Waals surface area contributed by atoms with E-state index in [4.69, 9.17) is 4.74 Å². The Hall–Kier alpha value is -3.58. The zero-order valence-electron chi connectivity index (χ0n) is 17.9. The summed E-state index contributed by atoms with van der Waals surface area (Å²) in [6, 6.07) is 5.80. The normalized spacial score (nSPS) is 22.1. The van der Waals surface area contributed by atoms with Crippen molar-refractivity contribution in [3.8, 4) is 11.3 Å². The van der Waals surface area contributed by atoms with Gasteiger partial charge in [0.05, 0.1) is 30.1 Å². The number of anilines is 1. The molecular weight excluding hydrogens is 471 g/mol. The van der Waals surface area contributed by atoms with Gasteiger partial charge in [-0.2, -0.15) is 0 Å². The van der Waals surface area contributed by atoms with E-state index in [1.165, 1.54) is 6.20 Å². The second-order valence-electron chi connectivity index (χ2n) is 7.88. The lowest BCUT2D eigenvalue weighted by atomic mass is 9.94. The molecule has 5 N–H and O–H groups in total. The van der Waals surface area contributed by atoms with Crippen LogP contribution in [0.1, 0.15) is 28.6 Å². The number of nitrogens with one attached hydrogen (secondary N) is 2. The summed E-state index contributed by atoms with van der Waals surface area (Å²) in [5, 5.41) is 31.9. The predicted molar refractivity (Wildman–Crippen MR) is 116 cm³/mol. The number of aliphatic hydroxyl groups excluding tert-OH is 3. The smallest absolute Gasteiger partial charge is 0.274 e. The van der Waals surface area contributed by atoms with E-state index in [0.717, 1.165) is 36.4 Å². The summed E-state index contributed by atoms with van der Waals surface area (Å²) >= 11 is 0. The standard InChI is InChI=1S/C23H20F3N3O6/c24-11-2-1-3-12(25)20(11)21-13(26)4-5-14(28-21)23(34)29-15-6-19(32)27-8-10(15)17-7-16(31)22(33)18(9-30)35-17/h1-6,8,16-18,22,30-31,33H,7,9H2,(H2,27,29,32,34). The van der Waals surface area contributed by atoms with E-state index in [2.05, 4.69) is 15.3 Å². The van der Waals surface area contributed by atoms with Gasteiger partial charge >= 0.3 is 0 Å². The van der Waals surface area contributed by atoms with Crippen molar-refractivity contribution in [2.24, 2.45) is 0 Å². The van der Waals surface area contributed by atoms with Gasteiger partial charge in [-0.05, 0) is 24.3 Å². The molecule has 2 aromatic heterocycles. The van der Waals surface area contributed by atoms with Crippen LogP contribution in [0.3, 0.4) is 0 Å². The van der Waals surface area contributed by atoms with Gasteiger partial charge < -0.3 is 30.4 Å². The number of benzene rings is 1. The van der Waals surface area contributed by atoms with E-state index in [9.17, 15) is 38.1 Å².